The largest absolute Gasteiger partial charge is 0.307 e. The van der Waals surface area contributed by atoms with Crippen LogP contribution in [-0.2, 0) is 0 Å². The van der Waals surface area contributed by atoms with Crippen molar-refractivity contribution in [3.8, 4) is 0 Å². The van der Waals surface area contributed by atoms with Gasteiger partial charge in [0.05, 0.1) is 5.56 Å². The number of carbonyl (C=O) groups is 1. The molecule has 0 unspecified atom stereocenters. The number of nitrogens with zero attached hydrogens (tertiary/aromatic N) is 1. The maximum atomic E-state index is 12.9. The first-order valence-corrected chi connectivity index (χ1v) is 6.53. The van der Waals surface area contributed by atoms with Gasteiger partial charge in [-0.3, -0.25) is 4.79 Å². The van der Waals surface area contributed by atoms with Crippen LogP contribution in [0.4, 0.5) is 10.2 Å². The second-order valence-electron chi connectivity index (χ2n) is 3.44. The summed E-state index contributed by atoms with van der Waals surface area (Å²) in [5.74, 6) is -0.323. The zero-order valence-electron chi connectivity index (χ0n) is 8.95. The Morgan fingerprint density at radius 1 is 1.22 bits per heavy atom. The third-order valence-corrected chi connectivity index (χ3v) is 3.27. The summed E-state index contributed by atoms with van der Waals surface area (Å²) in [6.45, 7) is 0. The molecule has 0 saturated heterocycles. The summed E-state index contributed by atoms with van der Waals surface area (Å²) in [5, 5.41) is 2.62. The van der Waals surface area contributed by atoms with E-state index >= 15 is 0 Å². The van der Waals surface area contributed by atoms with Gasteiger partial charge in [-0.1, -0.05) is 0 Å². The summed E-state index contributed by atoms with van der Waals surface area (Å²) < 4.78 is 14.1. The minimum atomic E-state index is -0.403. The molecule has 1 heterocycles. The van der Waals surface area contributed by atoms with Crippen molar-refractivity contribution in [2.24, 2.45) is 0 Å². The number of halogens is 3. The second kappa shape index (κ2) is 5.58. The number of pyridine rings is 1. The number of amides is 1. The molecule has 2 aromatic rings. The van der Waals surface area contributed by atoms with Gasteiger partial charge in [-0.15, -0.1) is 0 Å². The van der Waals surface area contributed by atoms with E-state index < -0.39 is 5.82 Å². The lowest BCUT2D eigenvalue weighted by atomic mass is 10.2. The summed E-state index contributed by atoms with van der Waals surface area (Å²) >= 11 is 6.40. The molecule has 0 radical (unpaired) electrons. The number of nitrogens with one attached hydrogen (secondary N) is 1. The number of aromatic nitrogens is 1. The van der Waals surface area contributed by atoms with Crippen molar-refractivity contribution >= 4 is 43.6 Å². The molecule has 3 nitrogen and oxygen atoms in total. The van der Waals surface area contributed by atoms with E-state index in [4.69, 9.17) is 0 Å². The van der Waals surface area contributed by atoms with E-state index in [9.17, 15) is 9.18 Å². The Balaban J connectivity index is 2.19. The Bertz CT molecular complexity index is 587. The van der Waals surface area contributed by atoms with Crippen LogP contribution in [0.5, 0.6) is 0 Å². The smallest absolute Gasteiger partial charge is 0.257 e. The Morgan fingerprint density at radius 3 is 2.61 bits per heavy atom. The molecular formula is C12H7Br2FN2O. The molecule has 2 rings (SSSR count). The quantitative estimate of drug-likeness (QED) is 0.864. The highest BCUT2D eigenvalue weighted by molar-refractivity contribution is 9.10. The number of anilines is 1. The second-order valence-corrected chi connectivity index (χ2v) is 5.21. The van der Waals surface area contributed by atoms with Crippen LogP contribution in [0.15, 0.2) is 45.5 Å². The summed E-state index contributed by atoms with van der Waals surface area (Å²) in [7, 11) is 0. The first kappa shape index (κ1) is 13.2. The van der Waals surface area contributed by atoms with E-state index in [0.29, 0.717) is 15.9 Å². The fraction of sp³-hybridized carbons (Fsp3) is 0. The van der Waals surface area contributed by atoms with Gasteiger partial charge in [0, 0.05) is 15.1 Å². The lowest BCUT2D eigenvalue weighted by molar-refractivity contribution is 0.102. The van der Waals surface area contributed by atoms with Crippen molar-refractivity contribution in [2.45, 2.75) is 0 Å². The van der Waals surface area contributed by atoms with Crippen LogP contribution in [0.1, 0.15) is 10.4 Å². The zero-order valence-corrected chi connectivity index (χ0v) is 12.1. The molecule has 18 heavy (non-hydrogen) atoms. The average Bonchev–Trinajstić information content (AvgIpc) is 2.32. The third-order valence-electron chi connectivity index (χ3n) is 2.14. The van der Waals surface area contributed by atoms with Crippen LogP contribution in [-0.4, -0.2) is 10.9 Å². The molecule has 0 fully saturated rings. The van der Waals surface area contributed by atoms with E-state index in [1.54, 1.807) is 18.3 Å². The van der Waals surface area contributed by atoms with E-state index in [0.717, 1.165) is 4.47 Å². The highest BCUT2D eigenvalue weighted by Gasteiger charge is 2.11. The Labute approximate surface area is 120 Å². The summed E-state index contributed by atoms with van der Waals surface area (Å²) in [5.41, 5.74) is 0.348. The maximum Gasteiger partial charge on any atom is 0.257 e. The van der Waals surface area contributed by atoms with Crippen molar-refractivity contribution in [3.05, 3.63) is 56.9 Å². The normalized spacial score (nSPS) is 10.2. The van der Waals surface area contributed by atoms with Crippen molar-refractivity contribution in [3.63, 3.8) is 0 Å². The zero-order chi connectivity index (χ0) is 13.1. The number of hydrogen-bond donors (Lipinski definition) is 1. The van der Waals surface area contributed by atoms with E-state index in [2.05, 4.69) is 42.2 Å². The monoisotopic (exact) mass is 372 g/mol. The van der Waals surface area contributed by atoms with Gasteiger partial charge in [0.1, 0.15) is 11.6 Å². The lowest BCUT2D eigenvalue weighted by Crippen LogP contribution is -2.13. The molecule has 0 spiro atoms. The van der Waals surface area contributed by atoms with Gasteiger partial charge >= 0.3 is 0 Å². The van der Waals surface area contributed by atoms with Crippen molar-refractivity contribution in [1.82, 2.24) is 4.98 Å². The third kappa shape index (κ3) is 3.14. The van der Waals surface area contributed by atoms with Crippen LogP contribution in [0.2, 0.25) is 0 Å². The van der Waals surface area contributed by atoms with Gasteiger partial charge in [-0.25, -0.2) is 9.37 Å². The molecular weight excluding hydrogens is 367 g/mol. The molecule has 0 aliphatic carbocycles. The molecule has 0 bridgehead atoms. The molecule has 1 N–H and O–H groups in total. The maximum absolute atomic E-state index is 12.9. The number of hydrogen-bond acceptors (Lipinski definition) is 2. The highest BCUT2D eigenvalue weighted by atomic mass is 79.9. The van der Waals surface area contributed by atoms with Crippen molar-refractivity contribution in [2.75, 3.05) is 5.32 Å². The van der Waals surface area contributed by atoms with Crippen LogP contribution in [0.25, 0.3) is 0 Å². The molecule has 6 heteroatoms. The van der Waals surface area contributed by atoms with Crippen LogP contribution < -0.4 is 5.32 Å². The van der Waals surface area contributed by atoms with Gasteiger partial charge in [0.2, 0.25) is 0 Å². The van der Waals surface area contributed by atoms with E-state index in [1.807, 2.05) is 0 Å². The predicted octanol–water partition coefficient (Wildman–Crippen LogP) is 4.00. The summed E-state index contributed by atoms with van der Waals surface area (Å²) in [4.78, 5) is 15.9. The Kier molecular flexibility index (Phi) is 4.08. The molecule has 0 atom stereocenters. The summed E-state index contributed by atoms with van der Waals surface area (Å²) in [6, 6.07) is 7.31. The lowest BCUT2D eigenvalue weighted by Gasteiger charge is -2.06. The molecule has 1 aromatic heterocycles. The molecule has 1 amide bonds. The standard InChI is InChI=1S/C12H7Br2FN2O/c13-7-1-4-11(16-6-7)17-12(18)9-3-2-8(15)5-10(9)14/h1-6H,(H,16,17,18). The molecule has 92 valence electrons. The fourth-order valence-electron chi connectivity index (χ4n) is 1.31. The number of rotatable bonds is 2. The molecule has 0 aliphatic rings. The topological polar surface area (TPSA) is 42.0 Å². The van der Waals surface area contributed by atoms with Gasteiger partial charge in [-0.2, -0.15) is 0 Å². The van der Waals surface area contributed by atoms with E-state index in [-0.39, 0.29) is 5.91 Å². The predicted molar refractivity (Wildman–Crippen MR) is 74.0 cm³/mol. The van der Waals surface area contributed by atoms with Crippen LogP contribution in [0.3, 0.4) is 0 Å². The minimum absolute atomic E-state index is 0.348. The number of benzene rings is 1. The van der Waals surface area contributed by atoms with Gasteiger partial charge in [0.25, 0.3) is 5.91 Å². The average molecular weight is 374 g/mol. The Hall–Kier alpha value is -1.27. The molecule has 1 aromatic carbocycles. The van der Waals surface area contributed by atoms with Crippen LogP contribution >= 0.6 is 31.9 Å². The first-order valence-electron chi connectivity index (χ1n) is 4.94. The van der Waals surface area contributed by atoms with Crippen molar-refractivity contribution in [1.29, 1.82) is 0 Å². The minimum Gasteiger partial charge on any atom is -0.307 e. The van der Waals surface area contributed by atoms with Gasteiger partial charge < -0.3 is 5.32 Å². The molecule has 0 saturated carbocycles. The summed E-state index contributed by atoms with van der Waals surface area (Å²) in [6.07, 6.45) is 1.58. The molecule has 0 aliphatic heterocycles. The Morgan fingerprint density at radius 2 is 2.00 bits per heavy atom. The first-order chi connectivity index (χ1) is 8.56. The fourth-order valence-corrected chi connectivity index (χ4v) is 2.07. The van der Waals surface area contributed by atoms with Gasteiger partial charge in [-0.05, 0) is 62.2 Å². The van der Waals surface area contributed by atoms with Crippen LogP contribution in [0, 0.1) is 5.82 Å². The van der Waals surface area contributed by atoms with Gasteiger partial charge in [0.15, 0.2) is 0 Å². The SMILES string of the molecule is O=C(Nc1ccc(Br)cn1)c1ccc(F)cc1Br. The van der Waals surface area contributed by atoms with E-state index in [1.165, 1.54) is 18.2 Å². The van der Waals surface area contributed by atoms with Crippen molar-refractivity contribution < 1.29 is 9.18 Å². The number of carbonyl (C=O) groups excluding carboxylic acids is 1. The highest BCUT2D eigenvalue weighted by Crippen LogP contribution is 2.19.